The summed E-state index contributed by atoms with van der Waals surface area (Å²) in [5.74, 6) is 0.262. The molecular formula is C11H11Br2NOS. The van der Waals surface area contributed by atoms with E-state index in [4.69, 9.17) is 0 Å². The first-order chi connectivity index (χ1) is 7.25. The molecule has 0 saturated heterocycles. The lowest BCUT2D eigenvalue weighted by Crippen LogP contribution is -3.00. The molecule has 0 aliphatic carbocycles. The molecule has 0 amide bonds. The van der Waals surface area contributed by atoms with Gasteiger partial charge < -0.3 is 17.0 Å². The monoisotopic (exact) mass is 363 g/mol. The minimum Gasteiger partial charge on any atom is -1.00 e. The Bertz CT molecular complexity index is 478. The van der Waals surface area contributed by atoms with Gasteiger partial charge in [-0.15, -0.1) is 11.3 Å². The maximum atomic E-state index is 12.2. The van der Waals surface area contributed by atoms with Crippen LogP contribution in [0.3, 0.4) is 0 Å². The topological polar surface area (TPSA) is 20.1 Å². The van der Waals surface area contributed by atoms with Crippen molar-refractivity contribution in [2.75, 3.05) is 6.54 Å². The van der Waals surface area contributed by atoms with Crippen molar-refractivity contribution in [3.8, 4) is 0 Å². The second-order valence-corrected chi connectivity index (χ2v) is 6.56. The molecular weight excluding hydrogens is 354 g/mol. The number of rotatable bonds is 0. The molecule has 1 aromatic heterocycles. The van der Waals surface area contributed by atoms with Crippen molar-refractivity contribution < 1.29 is 26.4 Å². The summed E-state index contributed by atoms with van der Waals surface area (Å²) in [6.07, 6.45) is 3.35. The zero-order valence-electron chi connectivity index (χ0n) is 8.63. The van der Waals surface area contributed by atoms with Crippen molar-refractivity contribution >= 4 is 38.8 Å². The van der Waals surface area contributed by atoms with Crippen LogP contribution in [0.1, 0.15) is 34.5 Å². The van der Waals surface area contributed by atoms with Gasteiger partial charge in [0, 0.05) is 18.4 Å². The summed E-state index contributed by atoms with van der Waals surface area (Å²) in [4.78, 5) is 13.4. The number of carbonyl (C=O) groups excluding carboxylic acids is 1. The molecule has 86 valence electrons. The van der Waals surface area contributed by atoms with Gasteiger partial charge in [0.15, 0.2) is 6.54 Å². The Morgan fingerprint density at radius 2 is 2.19 bits per heavy atom. The van der Waals surface area contributed by atoms with Crippen molar-refractivity contribution in [1.82, 2.24) is 0 Å². The van der Waals surface area contributed by atoms with Crippen LogP contribution in [-0.2, 0) is 6.54 Å². The fourth-order valence-electron chi connectivity index (χ4n) is 2.35. The largest absolute Gasteiger partial charge is 1.00 e. The number of fused-ring (bicyclic) bond motifs is 1. The van der Waals surface area contributed by atoms with Crippen molar-refractivity contribution in [3.63, 3.8) is 0 Å². The highest BCUT2D eigenvalue weighted by atomic mass is 79.9. The molecule has 0 N–H and O–H groups in total. The lowest BCUT2D eigenvalue weighted by atomic mass is 9.96. The van der Waals surface area contributed by atoms with Crippen molar-refractivity contribution in [2.45, 2.75) is 25.8 Å². The fraction of sp³-hybridized carbons (Fsp3) is 0.455. The highest BCUT2D eigenvalue weighted by Crippen LogP contribution is 2.32. The van der Waals surface area contributed by atoms with Gasteiger partial charge in [-0.05, 0) is 28.4 Å². The zero-order chi connectivity index (χ0) is 10.4. The summed E-state index contributed by atoms with van der Waals surface area (Å²) in [6.45, 7) is 1.99. The van der Waals surface area contributed by atoms with Crippen LogP contribution in [-0.4, -0.2) is 22.6 Å². The zero-order valence-corrected chi connectivity index (χ0v) is 12.6. The van der Waals surface area contributed by atoms with Crippen LogP contribution in [0.2, 0.25) is 0 Å². The van der Waals surface area contributed by atoms with Gasteiger partial charge in [0.25, 0.3) is 5.78 Å². The maximum Gasteiger partial charge on any atom is 0.253 e. The third-order valence-corrected chi connectivity index (χ3v) is 4.72. The standard InChI is InChI=1S/C11H11BrNOS.BrH/c12-10-5-7-9(15-10)6-13-4-2-1-3-8(13)11(7)14;/h5H,1-4,6H2;1H/q+1;/p-1. The molecule has 2 aliphatic rings. The van der Waals surface area contributed by atoms with Crippen LogP contribution in [0, 0.1) is 0 Å². The van der Waals surface area contributed by atoms with E-state index in [0.29, 0.717) is 0 Å². The molecule has 1 aromatic rings. The Morgan fingerprint density at radius 1 is 1.38 bits per heavy atom. The molecule has 0 fully saturated rings. The van der Waals surface area contributed by atoms with E-state index in [1.165, 1.54) is 11.3 Å². The van der Waals surface area contributed by atoms with E-state index in [2.05, 4.69) is 20.5 Å². The van der Waals surface area contributed by atoms with E-state index in [0.717, 1.165) is 41.0 Å². The predicted octanol–water partition coefficient (Wildman–Crippen LogP) is -0.152. The van der Waals surface area contributed by atoms with Gasteiger partial charge in [-0.2, -0.15) is 0 Å². The molecule has 0 saturated carbocycles. The molecule has 0 radical (unpaired) electrons. The van der Waals surface area contributed by atoms with E-state index < -0.39 is 0 Å². The molecule has 0 unspecified atom stereocenters. The van der Waals surface area contributed by atoms with Crippen LogP contribution < -0.4 is 17.0 Å². The third kappa shape index (κ3) is 1.93. The number of halogens is 2. The van der Waals surface area contributed by atoms with Gasteiger partial charge >= 0.3 is 0 Å². The number of Topliss-reactive ketones (excluding diaryl/α,β-unsaturated/α-hetero) is 1. The molecule has 2 aliphatic heterocycles. The van der Waals surface area contributed by atoms with Gasteiger partial charge in [-0.25, -0.2) is 4.58 Å². The second-order valence-electron chi connectivity index (χ2n) is 4.04. The molecule has 5 heteroatoms. The molecule has 2 nitrogen and oxygen atoms in total. The number of carbonyl (C=O) groups is 1. The highest BCUT2D eigenvalue weighted by Gasteiger charge is 2.35. The smallest absolute Gasteiger partial charge is 0.253 e. The van der Waals surface area contributed by atoms with Crippen LogP contribution >= 0.6 is 27.3 Å². The summed E-state index contributed by atoms with van der Waals surface area (Å²) in [5, 5.41) is 0. The summed E-state index contributed by atoms with van der Waals surface area (Å²) in [7, 11) is 0. The first kappa shape index (κ1) is 12.5. The fourth-order valence-corrected chi connectivity index (χ4v) is 4.06. The average molecular weight is 365 g/mol. The Morgan fingerprint density at radius 3 is 3.00 bits per heavy atom. The van der Waals surface area contributed by atoms with Gasteiger partial charge in [-0.3, -0.25) is 4.79 Å². The van der Waals surface area contributed by atoms with E-state index in [1.54, 1.807) is 11.3 Å². The first-order valence-corrected chi connectivity index (χ1v) is 6.80. The molecule has 3 rings (SSSR count). The number of hydrogen-bond acceptors (Lipinski definition) is 2. The summed E-state index contributed by atoms with van der Waals surface area (Å²) in [5.41, 5.74) is 1.97. The van der Waals surface area contributed by atoms with E-state index in [1.807, 2.05) is 6.07 Å². The summed E-state index contributed by atoms with van der Waals surface area (Å²) in [6, 6.07) is 1.97. The van der Waals surface area contributed by atoms with Crippen molar-refractivity contribution in [2.24, 2.45) is 0 Å². The van der Waals surface area contributed by atoms with Crippen LogP contribution in [0.15, 0.2) is 9.85 Å². The molecule has 0 bridgehead atoms. The van der Waals surface area contributed by atoms with Crippen LogP contribution in [0.4, 0.5) is 0 Å². The van der Waals surface area contributed by atoms with Crippen molar-refractivity contribution in [3.05, 3.63) is 20.3 Å². The lowest BCUT2D eigenvalue weighted by Gasteiger charge is -2.17. The molecule has 16 heavy (non-hydrogen) atoms. The molecule has 0 atom stereocenters. The summed E-state index contributed by atoms with van der Waals surface area (Å²) >= 11 is 5.15. The molecule has 0 spiro atoms. The normalized spacial score (nSPS) is 18.9. The Labute approximate surface area is 117 Å². The van der Waals surface area contributed by atoms with Gasteiger partial charge in [0.1, 0.15) is 6.54 Å². The predicted molar refractivity (Wildman–Crippen MR) is 64.0 cm³/mol. The van der Waals surface area contributed by atoms with Crippen LogP contribution in [0.25, 0.3) is 0 Å². The highest BCUT2D eigenvalue weighted by molar-refractivity contribution is 9.11. The van der Waals surface area contributed by atoms with Gasteiger partial charge in [0.2, 0.25) is 5.71 Å². The minimum atomic E-state index is 0. The average Bonchev–Trinajstić information content (AvgIpc) is 2.59. The minimum absolute atomic E-state index is 0. The third-order valence-electron chi connectivity index (χ3n) is 3.09. The number of nitrogens with zero attached hydrogens (tertiary/aromatic N) is 1. The Kier molecular flexibility index (Phi) is 3.66. The lowest BCUT2D eigenvalue weighted by molar-refractivity contribution is -0.548. The van der Waals surface area contributed by atoms with E-state index in [-0.39, 0.29) is 22.8 Å². The SMILES string of the molecule is O=C1C2=[N+](CCCC2)Cc2sc(Br)cc21.[Br-]. The first-order valence-electron chi connectivity index (χ1n) is 5.19. The maximum absolute atomic E-state index is 12.2. The molecule has 0 aromatic carbocycles. The number of thiophene rings is 1. The quantitative estimate of drug-likeness (QED) is 0.586. The Hall–Kier alpha value is -0.000000000000000111. The summed E-state index contributed by atoms with van der Waals surface area (Å²) < 4.78 is 3.33. The number of ketones is 1. The second kappa shape index (κ2) is 4.70. The van der Waals surface area contributed by atoms with Crippen molar-refractivity contribution in [1.29, 1.82) is 0 Å². The van der Waals surface area contributed by atoms with E-state index in [9.17, 15) is 4.79 Å². The molecule has 3 heterocycles. The van der Waals surface area contributed by atoms with E-state index >= 15 is 0 Å². The van der Waals surface area contributed by atoms with Gasteiger partial charge in [-0.1, -0.05) is 0 Å². The van der Waals surface area contributed by atoms with Crippen LogP contribution in [0.5, 0.6) is 0 Å². The number of hydrogen-bond donors (Lipinski definition) is 0. The Balaban J connectivity index is 0.000000963. The van der Waals surface area contributed by atoms with Gasteiger partial charge in [0.05, 0.1) is 8.66 Å².